The summed E-state index contributed by atoms with van der Waals surface area (Å²) in [4.78, 5) is 12.5. The predicted octanol–water partition coefficient (Wildman–Crippen LogP) is 3.45. The summed E-state index contributed by atoms with van der Waals surface area (Å²) in [7, 11) is -3.82. The number of sulfonamides is 1. The van der Waals surface area contributed by atoms with Crippen molar-refractivity contribution in [2.75, 3.05) is 10.6 Å². The zero-order valence-electron chi connectivity index (χ0n) is 13.8. The number of thioether (sulfide) groups is 1. The molecule has 1 atom stereocenters. The van der Waals surface area contributed by atoms with Crippen molar-refractivity contribution in [3.05, 3.63) is 54.3 Å². The van der Waals surface area contributed by atoms with E-state index in [-0.39, 0.29) is 15.8 Å². The number of anilines is 2. The Morgan fingerprint density at radius 1 is 1.23 bits per heavy atom. The highest BCUT2D eigenvalue weighted by atomic mass is 32.2. The molecule has 0 saturated carbocycles. The van der Waals surface area contributed by atoms with E-state index in [1.807, 2.05) is 0 Å². The van der Waals surface area contributed by atoms with Crippen LogP contribution in [0.4, 0.5) is 15.8 Å². The van der Waals surface area contributed by atoms with Crippen LogP contribution < -0.4 is 10.6 Å². The molecule has 1 heterocycles. The van der Waals surface area contributed by atoms with Crippen molar-refractivity contribution in [3.63, 3.8) is 0 Å². The molecule has 1 unspecified atom stereocenters. The van der Waals surface area contributed by atoms with E-state index >= 15 is 0 Å². The van der Waals surface area contributed by atoms with Gasteiger partial charge in [-0.2, -0.15) is 8.42 Å². The van der Waals surface area contributed by atoms with Crippen LogP contribution in [0.15, 0.2) is 57.8 Å². The molecule has 2 aromatic rings. The van der Waals surface area contributed by atoms with E-state index in [1.54, 1.807) is 31.2 Å². The van der Waals surface area contributed by atoms with Gasteiger partial charge in [-0.05, 0) is 30.7 Å². The van der Waals surface area contributed by atoms with Gasteiger partial charge in [0, 0.05) is 0 Å². The summed E-state index contributed by atoms with van der Waals surface area (Å²) in [5.74, 6) is -0.964. The number of hydrogen-bond acceptors (Lipinski definition) is 5. The van der Waals surface area contributed by atoms with Crippen LogP contribution in [-0.4, -0.2) is 24.7 Å². The van der Waals surface area contributed by atoms with Crippen molar-refractivity contribution in [2.45, 2.75) is 23.5 Å². The monoisotopic (exact) mass is 393 g/mol. The van der Waals surface area contributed by atoms with Crippen LogP contribution in [0.1, 0.15) is 13.3 Å². The minimum atomic E-state index is -3.82. The number of rotatable bonds is 4. The summed E-state index contributed by atoms with van der Waals surface area (Å²) in [5, 5.41) is 4.92. The first-order chi connectivity index (χ1) is 12.4. The first-order valence-corrected chi connectivity index (χ1v) is 10.2. The fraction of sp³-hybridized carbons (Fsp3) is 0.176. The zero-order chi connectivity index (χ0) is 18.7. The lowest BCUT2D eigenvalue weighted by atomic mass is 10.2. The third kappa shape index (κ3) is 3.88. The standard InChI is InChI=1S/C17H16FN3O3S2/c1-2-14(16(22)19-12-8-4-3-7-11(12)18)25-17-20-13-9-5-6-10-15(13)26(23,24)21-17/h3-10,14H,2H2,1H3,(H,19,22)(H,20,21). The molecule has 3 rings (SSSR count). The van der Waals surface area contributed by atoms with Gasteiger partial charge in [0.25, 0.3) is 10.0 Å². The van der Waals surface area contributed by atoms with Crippen LogP contribution in [-0.2, 0) is 14.8 Å². The first kappa shape index (κ1) is 18.4. The van der Waals surface area contributed by atoms with Gasteiger partial charge in [-0.3, -0.25) is 4.79 Å². The summed E-state index contributed by atoms with van der Waals surface area (Å²) in [6.45, 7) is 1.78. The molecule has 2 N–H and O–H groups in total. The predicted molar refractivity (Wildman–Crippen MR) is 101 cm³/mol. The molecule has 1 aliphatic rings. The Morgan fingerprint density at radius 2 is 1.92 bits per heavy atom. The smallest absolute Gasteiger partial charge is 0.286 e. The van der Waals surface area contributed by atoms with Crippen molar-refractivity contribution in [3.8, 4) is 0 Å². The lowest BCUT2D eigenvalue weighted by molar-refractivity contribution is -0.115. The topological polar surface area (TPSA) is 87.6 Å². The van der Waals surface area contributed by atoms with E-state index in [0.717, 1.165) is 11.8 Å². The van der Waals surface area contributed by atoms with Crippen molar-refractivity contribution >= 4 is 44.2 Å². The van der Waals surface area contributed by atoms with Crippen LogP contribution >= 0.6 is 11.8 Å². The molecule has 0 fully saturated rings. The Kier molecular flexibility index (Phi) is 5.28. The summed E-state index contributed by atoms with van der Waals surface area (Å²) in [5.41, 5.74) is 0.488. The fourth-order valence-corrected chi connectivity index (χ4v) is 4.62. The quantitative estimate of drug-likeness (QED) is 0.831. The van der Waals surface area contributed by atoms with Crippen molar-refractivity contribution in [1.29, 1.82) is 0 Å². The minimum Gasteiger partial charge on any atom is -0.333 e. The zero-order valence-corrected chi connectivity index (χ0v) is 15.4. The first-order valence-electron chi connectivity index (χ1n) is 7.84. The van der Waals surface area contributed by atoms with Gasteiger partial charge >= 0.3 is 0 Å². The van der Waals surface area contributed by atoms with Crippen LogP contribution in [0.5, 0.6) is 0 Å². The number of nitrogens with one attached hydrogen (secondary N) is 2. The lowest BCUT2D eigenvalue weighted by Crippen LogP contribution is -2.29. The number of carbonyl (C=O) groups is 1. The fourth-order valence-electron chi connectivity index (χ4n) is 2.37. The largest absolute Gasteiger partial charge is 0.333 e. The molecule has 0 aromatic heterocycles. The van der Waals surface area contributed by atoms with E-state index < -0.39 is 27.0 Å². The van der Waals surface area contributed by atoms with Crippen molar-refractivity contribution < 1.29 is 17.6 Å². The van der Waals surface area contributed by atoms with Gasteiger partial charge < -0.3 is 10.6 Å². The van der Waals surface area contributed by atoms with E-state index in [4.69, 9.17) is 0 Å². The Balaban J connectivity index is 1.78. The molecule has 1 amide bonds. The Labute approximate surface area is 155 Å². The number of hydrogen-bond donors (Lipinski definition) is 2. The molecule has 9 heteroatoms. The summed E-state index contributed by atoms with van der Waals surface area (Å²) in [6, 6.07) is 12.3. The number of halogens is 1. The van der Waals surface area contributed by atoms with Gasteiger partial charge in [0.15, 0.2) is 5.17 Å². The van der Waals surface area contributed by atoms with Crippen LogP contribution in [0.25, 0.3) is 0 Å². The highest BCUT2D eigenvalue weighted by molar-refractivity contribution is 8.16. The van der Waals surface area contributed by atoms with E-state index in [2.05, 4.69) is 15.0 Å². The second-order valence-corrected chi connectivity index (χ2v) is 8.24. The number of fused-ring (bicyclic) bond motifs is 1. The van der Waals surface area contributed by atoms with Crippen LogP contribution in [0.2, 0.25) is 0 Å². The molecule has 1 aliphatic heterocycles. The Hall–Kier alpha value is -2.39. The summed E-state index contributed by atoms with van der Waals surface area (Å²) < 4.78 is 42.0. The van der Waals surface area contributed by atoms with E-state index in [9.17, 15) is 17.6 Å². The minimum absolute atomic E-state index is 0.0769. The third-order valence-electron chi connectivity index (χ3n) is 3.66. The summed E-state index contributed by atoms with van der Waals surface area (Å²) in [6.07, 6.45) is 0.410. The highest BCUT2D eigenvalue weighted by Crippen LogP contribution is 2.31. The Bertz CT molecular complexity index is 977. The van der Waals surface area contributed by atoms with E-state index in [0.29, 0.717) is 12.1 Å². The third-order valence-corrected chi connectivity index (χ3v) is 6.36. The molecular weight excluding hydrogens is 377 g/mol. The SMILES string of the molecule is CCC(SC1=NS(=O)(=O)c2ccccc2N1)C(=O)Nc1ccccc1F. The molecule has 0 spiro atoms. The van der Waals surface area contributed by atoms with Gasteiger partial charge in [0.1, 0.15) is 10.7 Å². The molecule has 0 saturated heterocycles. The maximum absolute atomic E-state index is 13.7. The number of amides is 1. The van der Waals surface area contributed by atoms with Gasteiger partial charge in [0.05, 0.1) is 16.6 Å². The lowest BCUT2D eigenvalue weighted by Gasteiger charge is -2.20. The number of para-hydroxylation sites is 2. The van der Waals surface area contributed by atoms with Gasteiger partial charge in [-0.15, -0.1) is 4.40 Å². The number of amidine groups is 1. The Morgan fingerprint density at radius 3 is 2.65 bits per heavy atom. The number of nitrogens with zero attached hydrogens (tertiary/aromatic N) is 1. The van der Waals surface area contributed by atoms with Crippen molar-refractivity contribution in [1.82, 2.24) is 0 Å². The molecule has 136 valence electrons. The number of benzene rings is 2. The van der Waals surface area contributed by atoms with Crippen LogP contribution in [0, 0.1) is 5.82 Å². The van der Waals surface area contributed by atoms with Crippen LogP contribution in [0.3, 0.4) is 0 Å². The second kappa shape index (κ2) is 7.46. The summed E-state index contributed by atoms with van der Waals surface area (Å²) >= 11 is 0.990. The van der Waals surface area contributed by atoms with Gasteiger partial charge in [0.2, 0.25) is 5.91 Å². The van der Waals surface area contributed by atoms with Gasteiger partial charge in [-0.25, -0.2) is 4.39 Å². The highest BCUT2D eigenvalue weighted by Gasteiger charge is 2.28. The van der Waals surface area contributed by atoms with E-state index in [1.165, 1.54) is 24.3 Å². The molecule has 0 radical (unpaired) electrons. The maximum atomic E-state index is 13.7. The average molecular weight is 393 g/mol. The van der Waals surface area contributed by atoms with Gasteiger partial charge in [-0.1, -0.05) is 43.0 Å². The molecule has 6 nitrogen and oxygen atoms in total. The second-order valence-electron chi connectivity index (χ2n) is 5.48. The molecule has 2 aromatic carbocycles. The maximum Gasteiger partial charge on any atom is 0.286 e. The average Bonchev–Trinajstić information content (AvgIpc) is 2.61. The molecule has 26 heavy (non-hydrogen) atoms. The molecule has 0 bridgehead atoms. The number of carbonyl (C=O) groups excluding carboxylic acids is 1. The molecule has 0 aliphatic carbocycles. The van der Waals surface area contributed by atoms with Crippen molar-refractivity contribution in [2.24, 2.45) is 4.40 Å². The normalized spacial score (nSPS) is 16.0. The molecular formula is C17H16FN3O3S2.